The molecular weight excluding hydrogens is 180 g/mol. The molecule has 0 aromatic heterocycles. The van der Waals surface area contributed by atoms with Crippen LogP contribution in [0, 0.1) is 17.8 Å². The molecule has 0 heterocycles. The van der Waals surface area contributed by atoms with Crippen LogP contribution in [0.5, 0.6) is 0 Å². The molecular formula is C6H9Ag. The Labute approximate surface area is 61.2 Å². The number of hydrogen-bond donors (Lipinski definition) is 0. The molecule has 0 saturated carbocycles. The first kappa shape index (κ1) is 10.3. The van der Waals surface area contributed by atoms with Gasteiger partial charge in [0.15, 0.2) is 0 Å². The second-order valence-corrected chi connectivity index (χ2v) is 2.38. The van der Waals surface area contributed by atoms with Crippen LogP contribution in [0.1, 0.15) is 20.8 Å². The molecule has 7 heavy (non-hydrogen) atoms. The smallest absolute Gasteiger partial charge is 0.693 e. The molecule has 0 atom stereocenters. The Morgan fingerprint density at radius 3 is 1.43 bits per heavy atom. The third-order valence-corrected chi connectivity index (χ3v) is 0.375. The summed E-state index contributed by atoms with van der Waals surface area (Å²) in [5.41, 5.74) is -0.0417. The SMILES string of the molecule is [Ag+].[C-]#CC(C)(C)C. The standard InChI is InChI=1S/C6H9.Ag/c1-5-6(2,3)4;/h2-4H3;/q-1;+1. The van der Waals surface area contributed by atoms with Gasteiger partial charge in [0.1, 0.15) is 0 Å². The van der Waals surface area contributed by atoms with Crippen molar-refractivity contribution in [2.24, 2.45) is 5.41 Å². The van der Waals surface area contributed by atoms with Crippen LogP contribution in [-0.4, -0.2) is 0 Å². The van der Waals surface area contributed by atoms with Crippen molar-refractivity contribution < 1.29 is 22.4 Å². The zero-order valence-corrected chi connectivity index (χ0v) is 6.28. The fourth-order valence-corrected chi connectivity index (χ4v) is 0. The maximum atomic E-state index is 6.60. The molecule has 44 valence electrons. The van der Waals surface area contributed by atoms with E-state index in [-0.39, 0.29) is 27.8 Å². The van der Waals surface area contributed by atoms with Crippen LogP contribution in [0.25, 0.3) is 0 Å². The summed E-state index contributed by atoms with van der Waals surface area (Å²) in [6, 6.07) is 0. The second-order valence-electron chi connectivity index (χ2n) is 2.38. The number of hydrogen-bond acceptors (Lipinski definition) is 0. The van der Waals surface area contributed by atoms with E-state index in [9.17, 15) is 0 Å². The summed E-state index contributed by atoms with van der Waals surface area (Å²) in [6.45, 7) is 5.83. The van der Waals surface area contributed by atoms with Crippen LogP contribution in [0.15, 0.2) is 0 Å². The van der Waals surface area contributed by atoms with E-state index < -0.39 is 0 Å². The van der Waals surface area contributed by atoms with Crippen molar-refractivity contribution in [3.63, 3.8) is 0 Å². The van der Waals surface area contributed by atoms with E-state index >= 15 is 0 Å². The largest absolute Gasteiger partial charge is 1.00 e. The minimum Gasteiger partial charge on any atom is -0.693 e. The average Bonchev–Trinajstić information content (AvgIpc) is 1.35. The molecule has 0 aliphatic heterocycles. The van der Waals surface area contributed by atoms with Crippen LogP contribution in [0.2, 0.25) is 0 Å². The molecule has 0 fully saturated rings. The topological polar surface area (TPSA) is 0 Å². The fourth-order valence-electron chi connectivity index (χ4n) is 0. The van der Waals surface area contributed by atoms with Gasteiger partial charge in [0, 0.05) is 0 Å². The Kier molecular flexibility index (Phi) is 4.89. The molecule has 0 aromatic carbocycles. The Bertz CT molecular complexity index is 71.2. The first-order valence-corrected chi connectivity index (χ1v) is 2.00. The molecule has 0 aromatic rings. The van der Waals surface area contributed by atoms with E-state index in [1.807, 2.05) is 20.8 Å². The fraction of sp³-hybridized carbons (Fsp3) is 0.667. The van der Waals surface area contributed by atoms with Gasteiger partial charge in [0.05, 0.1) is 0 Å². The van der Waals surface area contributed by atoms with Crippen molar-refractivity contribution in [1.29, 1.82) is 0 Å². The van der Waals surface area contributed by atoms with Gasteiger partial charge >= 0.3 is 22.4 Å². The quantitative estimate of drug-likeness (QED) is 0.308. The van der Waals surface area contributed by atoms with Gasteiger partial charge in [0.25, 0.3) is 0 Å². The zero-order chi connectivity index (χ0) is 5.21. The van der Waals surface area contributed by atoms with E-state index in [1.54, 1.807) is 0 Å². The maximum absolute atomic E-state index is 6.60. The monoisotopic (exact) mass is 188 g/mol. The normalized spacial score (nSPS) is 8.86. The van der Waals surface area contributed by atoms with E-state index in [4.69, 9.17) is 6.42 Å². The van der Waals surface area contributed by atoms with Gasteiger partial charge in [-0.3, -0.25) is 0 Å². The molecule has 0 spiro atoms. The molecule has 0 rings (SSSR count). The van der Waals surface area contributed by atoms with E-state index in [0.717, 1.165) is 0 Å². The summed E-state index contributed by atoms with van der Waals surface area (Å²) in [5.74, 6) is 2.35. The molecule has 0 amide bonds. The van der Waals surface area contributed by atoms with Crippen molar-refractivity contribution in [2.75, 3.05) is 0 Å². The first-order chi connectivity index (χ1) is 2.56. The third-order valence-electron chi connectivity index (χ3n) is 0.375. The molecule has 1 heteroatoms. The summed E-state index contributed by atoms with van der Waals surface area (Å²) >= 11 is 0. The van der Waals surface area contributed by atoms with Crippen LogP contribution in [-0.2, 0) is 22.4 Å². The molecule has 0 unspecified atom stereocenters. The summed E-state index contributed by atoms with van der Waals surface area (Å²) in [4.78, 5) is 0. The molecule has 0 N–H and O–H groups in total. The van der Waals surface area contributed by atoms with Gasteiger partial charge in [-0.25, -0.2) is 0 Å². The van der Waals surface area contributed by atoms with Crippen LogP contribution in [0.4, 0.5) is 0 Å². The summed E-state index contributed by atoms with van der Waals surface area (Å²) in [7, 11) is 0. The molecule has 0 radical (unpaired) electrons. The predicted molar refractivity (Wildman–Crippen MR) is 26.6 cm³/mol. The maximum Gasteiger partial charge on any atom is 1.00 e. The second kappa shape index (κ2) is 3.32. The van der Waals surface area contributed by atoms with E-state index in [0.29, 0.717) is 0 Å². The van der Waals surface area contributed by atoms with Crippen molar-refractivity contribution in [1.82, 2.24) is 0 Å². The van der Waals surface area contributed by atoms with Gasteiger partial charge in [-0.15, -0.1) is 0 Å². The Morgan fingerprint density at radius 1 is 1.29 bits per heavy atom. The molecule has 0 saturated heterocycles. The van der Waals surface area contributed by atoms with Crippen LogP contribution in [0.3, 0.4) is 0 Å². The molecule has 0 bridgehead atoms. The van der Waals surface area contributed by atoms with Crippen molar-refractivity contribution in [3.05, 3.63) is 6.42 Å². The van der Waals surface area contributed by atoms with Crippen molar-refractivity contribution in [2.45, 2.75) is 20.8 Å². The minimum atomic E-state index is -0.0417. The van der Waals surface area contributed by atoms with Gasteiger partial charge < -0.3 is 12.3 Å². The van der Waals surface area contributed by atoms with Crippen LogP contribution >= 0.6 is 0 Å². The molecule has 0 aliphatic rings. The predicted octanol–water partition coefficient (Wildman–Crippen LogP) is 1.62. The minimum absolute atomic E-state index is 0. The van der Waals surface area contributed by atoms with Gasteiger partial charge in [-0.1, -0.05) is 20.8 Å². The Hall–Kier alpha value is 0.300. The van der Waals surface area contributed by atoms with Crippen molar-refractivity contribution >= 4 is 0 Å². The van der Waals surface area contributed by atoms with Gasteiger partial charge in [0.2, 0.25) is 0 Å². The third kappa shape index (κ3) is 10.7. The van der Waals surface area contributed by atoms with Gasteiger partial charge in [-0.05, 0) is 5.41 Å². The van der Waals surface area contributed by atoms with Gasteiger partial charge in [-0.2, -0.15) is 0 Å². The Morgan fingerprint density at radius 2 is 1.43 bits per heavy atom. The van der Waals surface area contributed by atoms with E-state index in [2.05, 4.69) is 5.92 Å². The Balaban J connectivity index is 0. The molecule has 0 aliphatic carbocycles. The van der Waals surface area contributed by atoms with E-state index in [1.165, 1.54) is 0 Å². The van der Waals surface area contributed by atoms with Crippen LogP contribution < -0.4 is 0 Å². The summed E-state index contributed by atoms with van der Waals surface area (Å²) in [5, 5.41) is 0. The average molecular weight is 189 g/mol. The number of rotatable bonds is 0. The molecule has 0 nitrogen and oxygen atoms in total. The zero-order valence-electron chi connectivity index (χ0n) is 4.80. The summed E-state index contributed by atoms with van der Waals surface area (Å²) < 4.78 is 0. The van der Waals surface area contributed by atoms with Crippen molar-refractivity contribution in [3.8, 4) is 5.92 Å². The first-order valence-electron chi connectivity index (χ1n) is 2.00. The summed E-state index contributed by atoms with van der Waals surface area (Å²) in [6.07, 6.45) is 6.60.